The lowest BCUT2D eigenvalue weighted by atomic mass is 9.70. The first-order valence-electron chi connectivity index (χ1n) is 16.1. The number of ether oxygens (including phenoxy) is 5. The molecular weight excluding hydrogens is 724 g/mol. The van der Waals surface area contributed by atoms with Crippen molar-refractivity contribution in [2.45, 2.75) is 61.0 Å². The van der Waals surface area contributed by atoms with Gasteiger partial charge in [0.05, 0.1) is 17.1 Å². The molecule has 7 atom stereocenters. The number of Topliss-reactive ketones (excluding diaryl/α,β-unsaturated/α-hetero) is 1. The van der Waals surface area contributed by atoms with Gasteiger partial charge in [0.25, 0.3) is 5.79 Å². The molecule has 1 fully saturated rings. The van der Waals surface area contributed by atoms with Crippen molar-refractivity contribution >= 4 is 23.5 Å². The van der Waals surface area contributed by atoms with Gasteiger partial charge in [-0.3, -0.25) is 9.59 Å². The first-order chi connectivity index (χ1) is 25.4. The third kappa shape index (κ3) is 5.70. The van der Waals surface area contributed by atoms with Crippen molar-refractivity contribution in [2.24, 2.45) is 0 Å². The zero-order valence-electron chi connectivity index (χ0n) is 27.4. The molecule has 10 N–H and O–H groups in total. The van der Waals surface area contributed by atoms with Crippen LogP contribution < -0.4 is 9.47 Å². The second kappa shape index (κ2) is 12.9. The summed E-state index contributed by atoms with van der Waals surface area (Å²) in [6, 6.07) is 8.44. The van der Waals surface area contributed by atoms with Crippen molar-refractivity contribution in [3.63, 3.8) is 0 Å². The molecule has 0 aromatic heterocycles. The van der Waals surface area contributed by atoms with Crippen LogP contribution in [0, 0.1) is 0 Å². The van der Waals surface area contributed by atoms with E-state index in [9.17, 15) is 70.2 Å². The van der Waals surface area contributed by atoms with Gasteiger partial charge in [-0.2, -0.15) is 0 Å². The Morgan fingerprint density at radius 1 is 0.870 bits per heavy atom. The highest BCUT2D eigenvalue weighted by Gasteiger charge is 2.70. The van der Waals surface area contributed by atoms with Crippen LogP contribution in [0.3, 0.4) is 0 Å². The Balaban J connectivity index is 1.17. The number of carbonyl (C=O) groups is 4. The zero-order chi connectivity index (χ0) is 39.0. The highest BCUT2D eigenvalue weighted by Crippen LogP contribution is 2.58. The maximum atomic E-state index is 13.7. The number of hydrogen-bond acceptors (Lipinski definition) is 19. The van der Waals surface area contributed by atoms with Crippen LogP contribution in [0.25, 0.3) is 0 Å². The molecular formula is C35H30O19. The van der Waals surface area contributed by atoms with Crippen LogP contribution in [-0.2, 0) is 30.2 Å². The molecule has 1 aliphatic carbocycles. The fourth-order valence-corrected chi connectivity index (χ4v) is 6.76. The second-order valence-electron chi connectivity index (χ2n) is 12.9. The highest BCUT2D eigenvalue weighted by molar-refractivity contribution is 6.08. The van der Waals surface area contributed by atoms with E-state index in [2.05, 4.69) is 0 Å². The van der Waals surface area contributed by atoms with Crippen molar-refractivity contribution in [1.29, 1.82) is 0 Å². The molecule has 3 aromatic carbocycles. The predicted molar refractivity (Wildman–Crippen MR) is 170 cm³/mol. The number of aryl methyl sites for hydroxylation is 1. The van der Waals surface area contributed by atoms with E-state index in [4.69, 9.17) is 23.7 Å². The van der Waals surface area contributed by atoms with Crippen LogP contribution >= 0.6 is 0 Å². The Morgan fingerprint density at radius 2 is 1.54 bits per heavy atom. The second-order valence-corrected chi connectivity index (χ2v) is 12.9. The van der Waals surface area contributed by atoms with E-state index in [0.29, 0.717) is 17.7 Å². The summed E-state index contributed by atoms with van der Waals surface area (Å²) < 4.78 is 27.0. The SMILES string of the molecule is O=C1OC[C@H]2O[C@@H](Oc3cc(O)c(C(=O)CCc4ccc(O)cc4)c(O)c3)[C@H](O)[C@@H](O)[C@@H]2OC(=O)c2cc(O)c(O)c3c2[C@H]2C1=CC(=O)C(O)(O3)C2(O)O. The fraction of sp³-hybridized carbons (Fsp3) is 0.314. The molecule has 284 valence electrons. The van der Waals surface area contributed by atoms with E-state index in [0.717, 1.165) is 12.1 Å². The molecule has 0 saturated carbocycles. The molecule has 54 heavy (non-hydrogen) atoms. The zero-order valence-corrected chi connectivity index (χ0v) is 27.4. The van der Waals surface area contributed by atoms with E-state index in [1.54, 1.807) is 12.1 Å². The number of ketones is 2. The third-order valence-electron chi connectivity index (χ3n) is 9.54. The number of phenols is 5. The van der Waals surface area contributed by atoms with E-state index >= 15 is 0 Å². The lowest BCUT2D eigenvalue weighted by molar-refractivity contribution is -0.339. The van der Waals surface area contributed by atoms with Gasteiger partial charge in [-0.05, 0) is 36.3 Å². The van der Waals surface area contributed by atoms with Crippen LogP contribution in [0.5, 0.6) is 40.2 Å². The maximum Gasteiger partial charge on any atom is 0.339 e. The molecule has 3 heterocycles. The van der Waals surface area contributed by atoms with Crippen LogP contribution in [0.2, 0.25) is 0 Å². The standard InChI is InChI=1S/C35H30O19/c36-13-4-1-12(2-5-13)3-6-17(37)24-18(38)7-14(8-19(24)39)51-33-28(44)27(43)29-21(52-33)11-50-31(45)16-10-22(41)35(49)34(47,48)25(16)23-15(32(46)53-29)9-20(40)26(42)30(23)54-35/h1-2,4-5,7-10,21,25,27-29,33,36,38-40,42-44,47-49H,3,6,11H2/t21-,25-,27-,28-,29-,33-,35?/m1/s1. The van der Waals surface area contributed by atoms with Gasteiger partial charge < -0.3 is 74.7 Å². The average Bonchev–Trinajstić information content (AvgIpc) is 3.12. The number of carbonyl (C=O) groups excluding carboxylic acids is 4. The number of esters is 2. The van der Waals surface area contributed by atoms with Gasteiger partial charge in [-0.15, -0.1) is 0 Å². The summed E-state index contributed by atoms with van der Waals surface area (Å²) in [5, 5.41) is 107. The van der Waals surface area contributed by atoms with Gasteiger partial charge in [0.2, 0.25) is 17.8 Å². The van der Waals surface area contributed by atoms with Crippen LogP contribution in [0.15, 0.2) is 54.1 Å². The van der Waals surface area contributed by atoms with Gasteiger partial charge in [0, 0.05) is 24.1 Å². The van der Waals surface area contributed by atoms with Crippen molar-refractivity contribution in [2.75, 3.05) is 6.61 Å². The Hall–Kier alpha value is -5.96. The number of aromatic hydroxyl groups is 5. The lowest BCUT2D eigenvalue weighted by Crippen LogP contribution is -2.70. The van der Waals surface area contributed by atoms with E-state index in [-0.39, 0.29) is 24.3 Å². The minimum absolute atomic E-state index is 0.0282. The summed E-state index contributed by atoms with van der Waals surface area (Å²) in [6.45, 7) is -0.937. The summed E-state index contributed by atoms with van der Waals surface area (Å²) >= 11 is 0. The fourth-order valence-electron chi connectivity index (χ4n) is 6.76. The average molecular weight is 755 g/mol. The number of phenolic OH excluding ortho intramolecular Hbond substituents is 5. The number of hydrogen-bond donors (Lipinski definition) is 10. The number of aliphatic hydroxyl groups excluding tert-OH is 2. The number of aliphatic hydroxyl groups is 5. The Kier molecular flexibility index (Phi) is 8.67. The Labute approximate surface area is 301 Å². The number of fused-ring (bicyclic) bond motifs is 2. The van der Waals surface area contributed by atoms with Crippen molar-refractivity contribution in [3.8, 4) is 40.2 Å². The molecule has 19 nitrogen and oxygen atoms in total. The summed E-state index contributed by atoms with van der Waals surface area (Å²) in [6.07, 6.45) is -9.20. The maximum absolute atomic E-state index is 13.7. The molecule has 1 saturated heterocycles. The topological polar surface area (TPSA) is 317 Å². The molecule has 0 amide bonds. The predicted octanol–water partition coefficient (Wildman–Crippen LogP) is -1.01. The highest BCUT2D eigenvalue weighted by atomic mass is 16.7. The van der Waals surface area contributed by atoms with Crippen molar-refractivity contribution < 1.29 is 93.9 Å². The Bertz CT molecular complexity index is 2100. The molecule has 7 rings (SSSR count). The summed E-state index contributed by atoms with van der Waals surface area (Å²) in [5.74, 6) is -19.7. The van der Waals surface area contributed by atoms with Gasteiger partial charge >= 0.3 is 17.7 Å². The molecule has 19 heteroatoms. The van der Waals surface area contributed by atoms with Crippen molar-refractivity contribution in [1.82, 2.24) is 0 Å². The van der Waals surface area contributed by atoms with Gasteiger partial charge in [-0.25, -0.2) is 9.59 Å². The molecule has 0 spiro atoms. The molecule has 3 aromatic rings. The van der Waals surface area contributed by atoms with E-state index in [1.807, 2.05) is 0 Å². The quantitative estimate of drug-likeness (QED) is 0.0624. The third-order valence-corrected chi connectivity index (χ3v) is 9.54. The summed E-state index contributed by atoms with van der Waals surface area (Å²) in [7, 11) is 0. The lowest BCUT2D eigenvalue weighted by Gasteiger charge is -2.49. The minimum Gasteiger partial charge on any atom is -0.508 e. The first-order valence-corrected chi connectivity index (χ1v) is 16.1. The van der Waals surface area contributed by atoms with Gasteiger partial charge in [0.1, 0.15) is 53.5 Å². The largest absolute Gasteiger partial charge is 0.508 e. The smallest absolute Gasteiger partial charge is 0.339 e. The van der Waals surface area contributed by atoms with E-state index in [1.165, 1.54) is 12.1 Å². The molecule has 1 unspecified atom stereocenters. The van der Waals surface area contributed by atoms with Gasteiger partial charge in [0.15, 0.2) is 23.4 Å². The van der Waals surface area contributed by atoms with E-state index < -0.39 is 129 Å². The molecule has 0 radical (unpaired) electrons. The Morgan fingerprint density at radius 3 is 2.20 bits per heavy atom. The van der Waals surface area contributed by atoms with Crippen LogP contribution in [-0.4, -0.2) is 123 Å². The van der Waals surface area contributed by atoms with Crippen LogP contribution in [0.4, 0.5) is 0 Å². The number of rotatable bonds is 6. The number of cyclic esters (lactones) is 1. The molecule has 3 aliphatic heterocycles. The normalized spacial score (nSPS) is 28.3. The summed E-state index contributed by atoms with van der Waals surface area (Å²) in [5.41, 5.74) is -2.17. The number of benzene rings is 3. The minimum atomic E-state index is -3.69. The van der Waals surface area contributed by atoms with Gasteiger partial charge in [-0.1, -0.05) is 12.1 Å². The van der Waals surface area contributed by atoms with Crippen molar-refractivity contribution in [3.05, 3.63) is 76.4 Å². The van der Waals surface area contributed by atoms with Crippen LogP contribution in [0.1, 0.15) is 44.2 Å². The monoisotopic (exact) mass is 754 g/mol. The molecule has 4 aliphatic rings. The summed E-state index contributed by atoms with van der Waals surface area (Å²) in [4.78, 5) is 52.9. The first kappa shape index (κ1) is 36.4. The molecule has 2 bridgehead atoms.